The van der Waals surface area contributed by atoms with E-state index in [0.29, 0.717) is 63.0 Å². The van der Waals surface area contributed by atoms with Crippen LogP contribution in [0.25, 0.3) is 11.4 Å². The van der Waals surface area contributed by atoms with E-state index in [1.54, 1.807) is 9.80 Å². The molecule has 0 radical (unpaired) electrons. The molecule has 4 aliphatic heterocycles. The zero-order valence-corrected chi connectivity index (χ0v) is 30.3. The number of aromatic nitrogens is 3. The molecule has 5 heterocycles. The Hall–Kier alpha value is -3.88. The third-order valence-corrected chi connectivity index (χ3v) is 11.9. The highest BCUT2D eigenvalue weighted by Gasteiger charge is 2.45. The number of alkyl halides is 3. The molecule has 2 N–H and O–H groups in total. The summed E-state index contributed by atoms with van der Waals surface area (Å²) in [7, 11) is 3.55. The van der Waals surface area contributed by atoms with Crippen molar-refractivity contribution in [2.75, 3.05) is 58.7 Å². The van der Waals surface area contributed by atoms with Gasteiger partial charge in [-0.05, 0) is 63.3 Å². The van der Waals surface area contributed by atoms with Crippen molar-refractivity contribution in [1.82, 2.24) is 34.4 Å². The van der Waals surface area contributed by atoms with E-state index in [2.05, 4.69) is 32.2 Å². The number of carbonyl (C=O) groups is 2. The number of aromatic amines is 1. The normalized spacial score (nSPS) is 22.7. The van der Waals surface area contributed by atoms with Crippen molar-refractivity contribution < 1.29 is 22.8 Å². The van der Waals surface area contributed by atoms with E-state index in [9.17, 15) is 27.6 Å². The van der Waals surface area contributed by atoms with Crippen LogP contribution in [-0.4, -0.2) is 118 Å². The van der Waals surface area contributed by atoms with E-state index in [4.69, 9.17) is 11.6 Å². The molecular weight excluding hydrogens is 697 g/mol. The number of nitrogens with zero attached hydrogens (tertiary/aromatic N) is 6. The van der Waals surface area contributed by atoms with Crippen molar-refractivity contribution in [3.63, 3.8) is 0 Å². The lowest BCUT2D eigenvalue weighted by molar-refractivity contribution is -0.143. The van der Waals surface area contributed by atoms with Crippen LogP contribution in [0.4, 0.5) is 18.9 Å². The fraction of sp³-hybridized carbons (Fsp3) is 0.568. The van der Waals surface area contributed by atoms with E-state index in [0.717, 1.165) is 37.6 Å². The predicted molar refractivity (Wildman–Crippen MR) is 192 cm³/mol. The number of amides is 2. The van der Waals surface area contributed by atoms with Crippen LogP contribution in [0.15, 0.2) is 47.3 Å². The molecule has 4 fully saturated rings. The summed E-state index contributed by atoms with van der Waals surface area (Å²) in [6.45, 7) is 3.92. The highest BCUT2D eigenvalue weighted by atomic mass is 35.5. The van der Waals surface area contributed by atoms with Crippen molar-refractivity contribution in [1.29, 1.82) is 0 Å². The van der Waals surface area contributed by atoms with Gasteiger partial charge in [0, 0.05) is 76.4 Å². The number of H-pyrrole nitrogens is 1. The molecule has 0 saturated carbocycles. The van der Waals surface area contributed by atoms with Crippen molar-refractivity contribution in [2.24, 2.45) is 5.92 Å². The van der Waals surface area contributed by atoms with Crippen LogP contribution in [0.5, 0.6) is 0 Å². The minimum absolute atomic E-state index is 0.0547. The number of likely N-dealkylation sites (N-methyl/N-ethyl adjacent to an activating group) is 1. The Morgan fingerprint density at radius 3 is 2.25 bits per heavy atom. The molecule has 11 nitrogen and oxygen atoms in total. The van der Waals surface area contributed by atoms with Gasteiger partial charge in [-0.2, -0.15) is 13.2 Å². The SMILES string of the molecule is CNc1c(Cl)cc(C[C@@H](CC(=O)N2CCC(n3nc(-c4ccccc4)[nH]c3=O)CC2)C(=O)N2CCC(N3CC4CC3CN4C)CC2)cc1C(F)(F)F. The van der Waals surface area contributed by atoms with Crippen LogP contribution in [0, 0.1) is 5.92 Å². The molecule has 4 saturated heterocycles. The van der Waals surface area contributed by atoms with Gasteiger partial charge in [-0.25, -0.2) is 9.48 Å². The molecule has 2 bridgehead atoms. The number of likely N-dealkylation sites (tertiary alicyclic amines) is 4. The first-order valence-corrected chi connectivity index (χ1v) is 18.6. The summed E-state index contributed by atoms with van der Waals surface area (Å²) in [5, 5.41) is 6.98. The first kappa shape index (κ1) is 36.5. The molecule has 2 unspecified atom stereocenters. The maximum atomic E-state index is 14.2. The molecule has 2 amide bonds. The Bertz CT molecular complexity index is 1820. The van der Waals surface area contributed by atoms with Crippen molar-refractivity contribution in [2.45, 2.75) is 75.3 Å². The smallest absolute Gasteiger partial charge is 0.386 e. The molecule has 1 aromatic heterocycles. The zero-order valence-electron chi connectivity index (χ0n) is 29.5. The van der Waals surface area contributed by atoms with Crippen LogP contribution >= 0.6 is 11.6 Å². The molecule has 3 atom stereocenters. The summed E-state index contributed by atoms with van der Waals surface area (Å²) < 4.78 is 43.7. The van der Waals surface area contributed by atoms with Crippen molar-refractivity contribution in [3.8, 4) is 11.4 Å². The molecule has 15 heteroatoms. The molecule has 4 aliphatic rings. The number of benzene rings is 2. The molecular formula is C37H46ClF3N8O3. The Balaban J connectivity index is 1.04. The minimum atomic E-state index is -4.67. The Labute approximate surface area is 306 Å². The summed E-state index contributed by atoms with van der Waals surface area (Å²) in [6, 6.07) is 13.2. The summed E-state index contributed by atoms with van der Waals surface area (Å²) in [5.41, 5.74) is -0.404. The number of carbonyl (C=O) groups excluding carboxylic acids is 2. The third kappa shape index (κ3) is 7.47. The maximum absolute atomic E-state index is 14.2. The lowest BCUT2D eigenvalue weighted by Gasteiger charge is -2.42. The number of piperazine rings is 1. The molecule has 52 heavy (non-hydrogen) atoms. The highest BCUT2D eigenvalue weighted by Crippen LogP contribution is 2.40. The van der Waals surface area contributed by atoms with Gasteiger partial charge in [0.15, 0.2) is 5.82 Å². The van der Waals surface area contributed by atoms with Gasteiger partial charge in [-0.1, -0.05) is 41.9 Å². The first-order chi connectivity index (χ1) is 24.9. The fourth-order valence-corrected chi connectivity index (χ4v) is 9.16. The van der Waals surface area contributed by atoms with Crippen LogP contribution in [-0.2, 0) is 22.2 Å². The number of rotatable bonds is 9. The van der Waals surface area contributed by atoms with E-state index in [1.165, 1.54) is 24.2 Å². The molecule has 2 aromatic carbocycles. The summed E-state index contributed by atoms with van der Waals surface area (Å²) in [4.78, 5) is 52.2. The number of hydrogen-bond acceptors (Lipinski definition) is 7. The average Bonchev–Trinajstić information content (AvgIpc) is 3.85. The molecule has 0 spiro atoms. The standard InChI is InChI=1S/C37H46ClF3N8O3/c1-42-33-30(37(39,40)41)17-23(18-31(33)38)16-25(35(51)47-14-8-26(9-15-47)48-22-28-20-29(48)21-45(28)2)19-32(50)46-12-10-27(11-13-46)49-36(52)43-34(44-49)24-6-4-3-5-7-24/h3-7,17-18,25-29,42H,8-16,19-22H2,1-2H3,(H,43,44,52)/t25-,28?,29?/m0/s1. The number of nitrogens with one attached hydrogen (secondary N) is 2. The van der Waals surface area contributed by atoms with Gasteiger partial charge in [0.1, 0.15) is 0 Å². The molecule has 3 aromatic rings. The first-order valence-electron chi connectivity index (χ1n) is 18.2. The number of anilines is 1. The Morgan fingerprint density at radius 1 is 0.962 bits per heavy atom. The van der Waals surface area contributed by atoms with Gasteiger partial charge in [0.25, 0.3) is 0 Å². The van der Waals surface area contributed by atoms with Gasteiger partial charge < -0.3 is 20.0 Å². The van der Waals surface area contributed by atoms with Gasteiger partial charge >= 0.3 is 11.9 Å². The largest absolute Gasteiger partial charge is 0.418 e. The third-order valence-electron chi connectivity index (χ3n) is 11.6. The number of piperidine rings is 2. The van der Waals surface area contributed by atoms with Crippen LogP contribution in [0.1, 0.15) is 55.7 Å². The summed E-state index contributed by atoms with van der Waals surface area (Å²) in [6.07, 6.45) is -1.03. The molecule has 0 aliphatic carbocycles. The quantitative estimate of drug-likeness (QED) is 0.326. The van der Waals surface area contributed by atoms with Gasteiger partial charge in [0.2, 0.25) is 11.8 Å². The maximum Gasteiger partial charge on any atom is 0.418 e. The average molecular weight is 743 g/mol. The van der Waals surface area contributed by atoms with E-state index in [-0.39, 0.29) is 52.7 Å². The second kappa shape index (κ2) is 14.9. The van der Waals surface area contributed by atoms with E-state index in [1.807, 2.05) is 30.3 Å². The van der Waals surface area contributed by atoms with Gasteiger partial charge in [-0.15, -0.1) is 5.10 Å². The van der Waals surface area contributed by atoms with Crippen LogP contribution in [0.3, 0.4) is 0 Å². The number of fused-ring (bicyclic) bond motifs is 2. The topological polar surface area (TPSA) is 110 Å². The lowest BCUT2D eigenvalue weighted by Crippen LogP contribution is -2.54. The highest BCUT2D eigenvalue weighted by molar-refractivity contribution is 6.33. The van der Waals surface area contributed by atoms with Crippen molar-refractivity contribution in [3.05, 3.63) is 69.1 Å². The number of hydrogen-bond donors (Lipinski definition) is 2. The van der Waals surface area contributed by atoms with Crippen LogP contribution in [0.2, 0.25) is 5.02 Å². The second-order valence-corrected chi connectivity index (χ2v) is 15.2. The monoisotopic (exact) mass is 742 g/mol. The minimum Gasteiger partial charge on any atom is -0.386 e. The summed E-state index contributed by atoms with van der Waals surface area (Å²) >= 11 is 6.33. The Kier molecular flexibility index (Phi) is 10.4. The summed E-state index contributed by atoms with van der Waals surface area (Å²) in [5.74, 6) is -0.843. The molecule has 280 valence electrons. The Morgan fingerprint density at radius 2 is 1.63 bits per heavy atom. The predicted octanol–water partition coefficient (Wildman–Crippen LogP) is 4.74. The van der Waals surface area contributed by atoms with Crippen LogP contribution < -0.4 is 11.0 Å². The lowest BCUT2D eigenvalue weighted by atomic mass is 9.91. The molecule has 7 rings (SSSR count). The fourth-order valence-electron chi connectivity index (χ4n) is 8.82. The zero-order chi connectivity index (χ0) is 36.7. The van der Waals surface area contributed by atoms with E-state index >= 15 is 0 Å². The van der Waals surface area contributed by atoms with E-state index < -0.39 is 17.7 Å². The van der Waals surface area contributed by atoms with Crippen molar-refractivity contribution >= 4 is 29.1 Å². The van der Waals surface area contributed by atoms with Gasteiger partial charge in [-0.3, -0.25) is 19.5 Å². The second-order valence-electron chi connectivity index (χ2n) is 14.8. The number of halogens is 4. The van der Waals surface area contributed by atoms with Gasteiger partial charge in [0.05, 0.1) is 28.2 Å².